The highest BCUT2D eigenvalue weighted by atomic mass is 79.9. The van der Waals surface area contributed by atoms with E-state index in [1.807, 2.05) is 0 Å². The molecule has 6 heteroatoms. The van der Waals surface area contributed by atoms with Crippen LogP contribution in [0.25, 0.3) is 0 Å². The minimum Gasteiger partial charge on any atom is -0.488 e. The van der Waals surface area contributed by atoms with Gasteiger partial charge in [0.25, 0.3) is 0 Å². The number of carboxylic acid groups (broad SMARTS) is 1. The van der Waals surface area contributed by atoms with Crippen molar-refractivity contribution in [2.75, 3.05) is 0 Å². The molecule has 0 spiro atoms. The Morgan fingerprint density at radius 3 is 2.75 bits per heavy atom. The quantitative estimate of drug-likeness (QED) is 0.873. The van der Waals surface area contributed by atoms with Gasteiger partial charge >= 0.3 is 5.97 Å². The van der Waals surface area contributed by atoms with Crippen molar-refractivity contribution in [1.29, 1.82) is 0 Å². The summed E-state index contributed by atoms with van der Waals surface area (Å²) in [7, 11) is 0. The highest BCUT2D eigenvalue weighted by Gasteiger charge is 2.12. The summed E-state index contributed by atoms with van der Waals surface area (Å²) in [5.74, 6) is -1.37. The number of benzene rings is 2. The number of halogens is 3. The third-order valence-electron chi connectivity index (χ3n) is 2.57. The van der Waals surface area contributed by atoms with Gasteiger partial charge in [0.2, 0.25) is 0 Å². The van der Waals surface area contributed by atoms with Gasteiger partial charge in [-0.1, -0.05) is 27.5 Å². The lowest BCUT2D eigenvalue weighted by Gasteiger charge is -2.11. The number of ether oxygens (including phenoxy) is 1. The molecule has 0 fully saturated rings. The summed E-state index contributed by atoms with van der Waals surface area (Å²) < 4.78 is 19.3. The molecule has 0 aliphatic heterocycles. The van der Waals surface area contributed by atoms with E-state index >= 15 is 0 Å². The van der Waals surface area contributed by atoms with E-state index in [-0.39, 0.29) is 17.9 Å². The maximum Gasteiger partial charge on any atom is 0.339 e. The summed E-state index contributed by atoms with van der Waals surface area (Å²) >= 11 is 9.09. The molecule has 0 heterocycles. The van der Waals surface area contributed by atoms with E-state index in [1.165, 1.54) is 30.3 Å². The van der Waals surface area contributed by atoms with Gasteiger partial charge in [0, 0.05) is 15.1 Å². The van der Waals surface area contributed by atoms with E-state index in [9.17, 15) is 9.18 Å². The van der Waals surface area contributed by atoms with Gasteiger partial charge in [-0.25, -0.2) is 9.18 Å². The van der Waals surface area contributed by atoms with Gasteiger partial charge in [0.1, 0.15) is 23.7 Å². The Kier molecular flexibility index (Phi) is 4.62. The zero-order chi connectivity index (χ0) is 14.7. The normalized spacial score (nSPS) is 10.3. The maximum absolute atomic E-state index is 13.2. The van der Waals surface area contributed by atoms with Gasteiger partial charge in [0.05, 0.1) is 0 Å². The van der Waals surface area contributed by atoms with Crippen LogP contribution in [0.5, 0.6) is 5.75 Å². The van der Waals surface area contributed by atoms with Crippen LogP contribution in [-0.4, -0.2) is 11.1 Å². The molecule has 0 radical (unpaired) electrons. The van der Waals surface area contributed by atoms with Gasteiger partial charge in [-0.2, -0.15) is 0 Å². The summed E-state index contributed by atoms with van der Waals surface area (Å²) in [6, 6.07) is 8.43. The number of carboxylic acids is 1. The van der Waals surface area contributed by atoms with Crippen molar-refractivity contribution >= 4 is 33.5 Å². The fourth-order valence-corrected chi connectivity index (χ4v) is 2.12. The first-order valence-electron chi connectivity index (χ1n) is 5.57. The van der Waals surface area contributed by atoms with Crippen LogP contribution in [0, 0.1) is 5.82 Å². The molecule has 0 aliphatic carbocycles. The van der Waals surface area contributed by atoms with Crippen LogP contribution in [0.1, 0.15) is 15.9 Å². The van der Waals surface area contributed by atoms with Crippen molar-refractivity contribution in [3.63, 3.8) is 0 Å². The number of hydrogen-bond acceptors (Lipinski definition) is 2. The summed E-state index contributed by atoms with van der Waals surface area (Å²) in [5, 5.41) is 9.42. The number of carbonyl (C=O) groups is 1. The van der Waals surface area contributed by atoms with Crippen LogP contribution in [0.4, 0.5) is 4.39 Å². The van der Waals surface area contributed by atoms with Crippen LogP contribution in [0.3, 0.4) is 0 Å². The molecule has 0 saturated carbocycles. The lowest BCUT2D eigenvalue weighted by Crippen LogP contribution is -2.04. The summed E-state index contributed by atoms with van der Waals surface area (Å²) in [5.41, 5.74) is 0.572. The Morgan fingerprint density at radius 1 is 1.30 bits per heavy atom. The molecule has 0 atom stereocenters. The molecule has 20 heavy (non-hydrogen) atoms. The average Bonchev–Trinajstić information content (AvgIpc) is 2.39. The third kappa shape index (κ3) is 3.49. The second kappa shape index (κ2) is 6.24. The molecule has 0 saturated heterocycles. The van der Waals surface area contributed by atoms with Crippen LogP contribution in [0.15, 0.2) is 40.9 Å². The molecule has 1 N–H and O–H groups in total. The first kappa shape index (κ1) is 14.8. The van der Waals surface area contributed by atoms with Crippen molar-refractivity contribution in [1.82, 2.24) is 0 Å². The molecule has 2 rings (SSSR count). The van der Waals surface area contributed by atoms with Crippen LogP contribution in [-0.2, 0) is 6.61 Å². The highest BCUT2D eigenvalue weighted by molar-refractivity contribution is 9.10. The average molecular weight is 360 g/mol. The minimum atomic E-state index is -1.12. The summed E-state index contributed by atoms with van der Waals surface area (Å²) in [6.07, 6.45) is 0. The second-order valence-electron chi connectivity index (χ2n) is 3.97. The standard InChI is InChI=1S/C14H9BrClFO3/c15-12-4-2-10(17)5-8(12)7-20-13-6-9(16)1-3-11(13)14(18)19/h1-6H,7H2,(H,18,19). The molecule has 0 unspecified atom stereocenters. The Balaban J connectivity index is 2.24. The molecule has 0 aliphatic rings. The third-order valence-corrected chi connectivity index (χ3v) is 3.57. The monoisotopic (exact) mass is 358 g/mol. The first-order chi connectivity index (χ1) is 9.47. The van der Waals surface area contributed by atoms with Crippen molar-refractivity contribution in [3.8, 4) is 5.75 Å². The Morgan fingerprint density at radius 2 is 2.05 bits per heavy atom. The van der Waals surface area contributed by atoms with Crippen LogP contribution < -0.4 is 4.74 Å². The SMILES string of the molecule is O=C(O)c1ccc(Cl)cc1OCc1cc(F)ccc1Br. The lowest BCUT2D eigenvalue weighted by atomic mass is 10.2. The molecule has 0 amide bonds. The number of hydrogen-bond donors (Lipinski definition) is 1. The van der Waals surface area contributed by atoms with Gasteiger partial charge in [-0.15, -0.1) is 0 Å². The smallest absolute Gasteiger partial charge is 0.339 e. The molecular formula is C14H9BrClFO3. The molecule has 3 nitrogen and oxygen atoms in total. The van der Waals surface area contributed by atoms with E-state index in [1.54, 1.807) is 6.07 Å². The number of rotatable bonds is 4. The predicted molar refractivity (Wildman–Crippen MR) is 76.8 cm³/mol. The lowest BCUT2D eigenvalue weighted by molar-refractivity contribution is 0.0691. The minimum absolute atomic E-state index is 0.00178. The molecule has 0 bridgehead atoms. The van der Waals surface area contributed by atoms with Gasteiger partial charge in [-0.05, 0) is 36.4 Å². The zero-order valence-corrected chi connectivity index (χ0v) is 12.4. The number of aromatic carboxylic acids is 1. The first-order valence-corrected chi connectivity index (χ1v) is 6.74. The van der Waals surface area contributed by atoms with Crippen molar-refractivity contribution in [3.05, 3.63) is 62.8 Å². The van der Waals surface area contributed by atoms with Crippen LogP contribution >= 0.6 is 27.5 Å². The van der Waals surface area contributed by atoms with E-state index in [4.69, 9.17) is 21.4 Å². The Labute approximate surface area is 128 Å². The van der Waals surface area contributed by atoms with Crippen molar-refractivity contribution in [2.45, 2.75) is 6.61 Å². The van der Waals surface area contributed by atoms with E-state index in [0.717, 1.165) is 0 Å². The maximum atomic E-state index is 13.2. The fourth-order valence-electron chi connectivity index (χ4n) is 1.60. The molecule has 0 aromatic heterocycles. The molecule has 2 aromatic carbocycles. The van der Waals surface area contributed by atoms with Crippen molar-refractivity contribution < 1.29 is 19.0 Å². The summed E-state index contributed by atoms with van der Waals surface area (Å²) in [4.78, 5) is 11.1. The fraction of sp³-hybridized carbons (Fsp3) is 0.0714. The molecular weight excluding hydrogens is 351 g/mol. The van der Waals surface area contributed by atoms with Crippen LogP contribution in [0.2, 0.25) is 5.02 Å². The van der Waals surface area contributed by atoms with E-state index in [0.29, 0.717) is 15.1 Å². The largest absolute Gasteiger partial charge is 0.488 e. The Bertz CT molecular complexity index is 661. The molecule has 2 aromatic rings. The zero-order valence-electron chi connectivity index (χ0n) is 10.1. The van der Waals surface area contributed by atoms with E-state index < -0.39 is 11.8 Å². The summed E-state index contributed by atoms with van der Waals surface area (Å²) in [6.45, 7) is 0.0268. The topological polar surface area (TPSA) is 46.5 Å². The van der Waals surface area contributed by atoms with E-state index in [2.05, 4.69) is 15.9 Å². The van der Waals surface area contributed by atoms with Gasteiger partial charge < -0.3 is 9.84 Å². The highest BCUT2D eigenvalue weighted by Crippen LogP contribution is 2.26. The van der Waals surface area contributed by atoms with Crippen molar-refractivity contribution in [2.24, 2.45) is 0 Å². The Hall–Kier alpha value is -1.59. The second-order valence-corrected chi connectivity index (χ2v) is 5.26. The molecule has 104 valence electrons. The predicted octanol–water partition coefficient (Wildman–Crippen LogP) is 4.52. The van der Waals surface area contributed by atoms with Gasteiger partial charge in [0.15, 0.2) is 0 Å². The van der Waals surface area contributed by atoms with Gasteiger partial charge in [-0.3, -0.25) is 0 Å².